The highest BCUT2D eigenvalue weighted by atomic mass is 19.1. The molecule has 0 N–H and O–H groups in total. The van der Waals surface area contributed by atoms with Gasteiger partial charge in [-0.1, -0.05) is 31.2 Å². The van der Waals surface area contributed by atoms with Gasteiger partial charge in [0.25, 0.3) is 5.91 Å². The number of rotatable bonds is 4. The highest BCUT2D eigenvalue weighted by molar-refractivity contribution is 6.10. The van der Waals surface area contributed by atoms with Crippen LogP contribution in [0.25, 0.3) is 0 Å². The van der Waals surface area contributed by atoms with E-state index < -0.39 is 12.1 Å². The molecule has 0 bridgehead atoms. The molecular weight excluding hydrogens is 343 g/mol. The van der Waals surface area contributed by atoms with Gasteiger partial charge in [0.15, 0.2) is 12.0 Å². The smallest absolute Gasteiger partial charge is 0.258 e. The predicted molar refractivity (Wildman–Crippen MR) is 101 cm³/mol. The number of anilines is 1. The summed E-state index contributed by atoms with van der Waals surface area (Å²) in [5.74, 6) is -0.119. The van der Waals surface area contributed by atoms with E-state index in [1.807, 2.05) is 56.3 Å². The Balaban J connectivity index is 1.63. The summed E-state index contributed by atoms with van der Waals surface area (Å²) in [5, 5.41) is 7.65. The Morgan fingerprint density at radius 3 is 2.67 bits per heavy atom. The van der Waals surface area contributed by atoms with Crippen molar-refractivity contribution in [3.05, 3.63) is 76.9 Å². The number of carbonyl (C=O) groups excluding carboxylic acids is 1. The molecule has 2 heterocycles. The Hall–Kier alpha value is -3.02. The van der Waals surface area contributed by atoms with E-state index in [2.05, 4.69) is 10.2 Å². The molecule has 1 amide bonds. The second-order valence-corrected chi connectivity index (χ2v) is 7.08. The number of alkyl halides is 1. The first-order valence-corrected chi connectivity index (χ1v) is 8.95. The van der Waals surface area contributed by atoms with Gasteiger partial charge in [0.2, 0.25) is 0 Å². The van der Waals surface area contributed by atoms with Crippen molar-refractivity contribution in [3.8, 4) is 0 Å². The average molecular weight is 364 g/mol. The lowest BCUT2D eigenvalue weighted by Gasteiger charge is -2.20. The number of benzene rings is 2. The van der Waals surface area contributed by atoms with E-state index >= 15 is 0 Å². The van der Waals surface area contributed by atoms with E-state index in [-0.39, 0.29) is 5.91 Å². The Morgan fingerprint density at radius 2 is 1.96 bits per heavy atom. The molecule has 0 aliphatic carbocycles. The quantitative estimate of drug-likeness (QED) is 0.700. The van der Waals surface area contributed by atoms with Crippen molar-refractivity contribution in [2.24, 2.45) is 7.05 Å². The molecule has 0 fully saturated rings. The van der Waals surface area contributed by atoms with Crippen LogP contribution in [0.3, 0.4) is 0 Å². The monoisotopic (exact) mass is 364 g/mol. The number of aryl methyl sites for hydroxylation is 2. The van der Waals surface area contributed by atoms with Crippen molar-refractivity contribution in [1.29, 1.82) is 0 Å². The Morgan fingerprint density at radius 1 is 1.19 bits per heavy atom. The van der Waals surface area contributed by atoms with Gasteiger partial charge in [0, 0.05) is 24.2 Å². The summed E-state index contributed by atoms with van der Waals surface area (Å²) in [7, 11) is 1.73. The van der Waals surface area contributed by atoms with Gasteiger partial charge in [0.1, 0.15) is 6.33 Å². The molecule has 138 valence electrons. The van der Waals surface area contributed by atoms with Gasteiger partial charge in [-0.05, 0) is 41.8 Å². The molecule has 1 aliphatic rings. The maximum Gasteiger partial charge on any atom is 0.258 e. The van der Waals surface area contributed by atoms with Crippen LogP contribution < -0.4 is 4.90 Å². The molecule has 3 aromatic rings. The third kappa shape index (κ3) is 2.91. The molecule has 0 saturated carbocycles. The molecule has 2 aromatic carbocycles. The second-order valence-electron chi connectivity index (χ2n) is 7.08. The van der Waals surface area contributed by atoms with Crippen LogP contribution in [-0.2, 0) is 13.6 Å². The van der Waals surface area contributed by atoms with Crippen LogP contribution >= 0.6 is 0 Å². The number of hydrogen-bond acceptors (Lipinski definition) is 3. The lowest BCUT2D eigenvalue weighted by Crippen LogP contribution is -2.23. The van der Waals surface area contributed by atoms with Gasteiger partial charge in [-0.3, -0.25) is 4.79 Å². The molecule has 0 spiro atoms. The summed E-state index contributed by atoms with van der Waals surface area (Å²) >= 11 is 0. The maximum atomic E-state index is 15.0. The van der Waals surface area contributed by atoms with E-state index in [1.54, 1.807) is 16.5 Å². The summed E-state index contributed by atoms with van der Waals surface area (Å²) in [6.45, 7) is 4.38. The minimum atomic E-state index is -1.28. The summed E-state index contributed by atoms with van der Waals surface area (Å²) in [4.78, 5) is 14.6. The summed E-state index contributed by atoms with van der Waals surface area (Å²) in [6.07, 6.45) is 0.217. The number of nitrogens with zero attached hydrogens (tertiary/aromatic N) is 4. The summed E-state index contributed by atoms with van der Waals surface area (Å²) in [6, 6.07) is 13.3. The van der Waals surface area contributed by atoms with Crippen LogP contribution in [0.5, 0.6) is 0 Å². The van der Waals surface area contributed by atoms with Crippen molar-refractivity contribution in [1.82, 2.24) is 14.8 Å². The standard InChI is InChI=1S/C21H21FN4O/c1-13-6-4-9-17-18(13)11-26(21(17)27)16-8-5-7-15(10-16)14(2)19(22)20-24-23-12-25(20)3/h4-10,12,14,19H,11H2,1-3H3/t14-,19+/m1/s1. The first kappa shape index (κ1) is 17.4. The molecule has 27 heavy (non-hydrogen) atoms. The highest BCUT2D eigenvalue weighted by Crippen LogP contribution is 2.36. The fraction of sp³-hybridized carbons (Fsp3) is 0.286. The zero-order valence-electron chi connectivity index (χ0n) is 15.6. The van der Waals surface area contributed by atoms with Gasteiger partial charge in [-0.15, -0.1) is 10.2 Å². The van der Waals surface area contributed by atoms with Crippen molar-refractivity contribution in [3.63, 3.8) is 0 Å². The fourth-order valence-electron chi connectivity index (χ4n) is 3.61. The molecule has 0 saturated heterocycles. The molecule has 1 aromatic heterocycles. The average Bonchev–Trinajstić information content (AvgIpc) is 3.25. The van der Waals surface area contributed by atoms with Gasteiger partial charge in [-0.25, -0.2) is 4.39 Å². The number of amides is 1. The van der Waals surface area contributed by atoms with E-state index in [0.717, 1.165) is 27.9 Å². The molecule has 6 heteroatoms. The van der Waals surface area contributed by atoms with Gasteiger partial charge < -0.3 is 9.47 Å². The third-order valence-electron chi connectivity index (χ3n) is 5.34. The first-order chi connectivity index (χ1) is 13.0. The van der Waals surface area contributed by atoms with Crippen molar-refractivity contribution in [2.75, 3.05) is 4.90 Å². The van der Waals surface area contributed by atoms with Crippen molar-refractivity contribution >= 4 is 11.6 Å². The molecule has 0 radical (unpaired) electrons. The maximum absolute atomic E-state index is 15.0. The number of halogens is 1. The minimum absolute atomic E-state index is 0.0106. The third-order valence-corrected chi connectivity index (χ3v) is 5.34. The topological polar surface area (TPSA) is 51.0 Å². The predicted octanol–water partition coefficient (Wildman–Crippen LogP) is 4.10. The zero-order chi connectivity index (χ0) is 19.1. The Labute approximate surface area is 157 Å². The lowest BCUT2D eigenvalue weighted by molar-refractivity contribution is 0.0996. The molecular formula is C21H21FN4O. The van der Waals surface area contributed by atoms with E-state index in [1.165, 1.54) is 6.33 Å². The normalized spacial score (nSPS) is 15.7. The van der Waals surface area contributed by atoms with Crippen molar-refractivity contribution < 1.29 is 9.18 Å². The largest absolute Gasteiger partial charge is 0.318 e. The first-order valence-electron chi connectivity index (χ1n) is 8.95. The lowest BCUT2D eigenvalue weighted by atomic mass is 9.95. The summed E-state index contributed by atoms with van der Waals surface area (Å²) < 4.78 is 16.5. The van der Waals surface area contributed by atoms with Gasteiger partial charge in [-0.2, -0.15) is 0 Å². The van der Waals surface area contributed by atoms with Crippen LogP contribution in [0.1, 0.15) is 51.9 Å². The van der Waals surface area contributed by atoms with Crippen LogP contribution in [0, 0.1) is 6.92 Å². The molecule has 0 unspecified atom stereocenters. The number of aromatic nitrogens is 3. The highest BCUT2D eigenvalue weighted by Gasteiger charge is 2.30. The van der Waals surface area contributed by atoms with Crippen LogP contribution in [0.15, 0.2) is 48.8 Å². The zero-order valence-corrected chi connectivity index (χ0v) is 15.6. The van der Waals surface area contributed by atoms with Crippen molar-refractivity contribution in [2.45, 2.75) is 32.5 Å². The molecule has 1 aliphatic heterocycles. The molecule has 2 atom stereocenters. The second kappa shape index (κ2) is 6.61. The minimum Gasteiger partial charge on any atom is -0.318 e. The number of carbonyl (C=O) groups is 1. The molecule has 5 nitrogen and oxygen atoms in total. The van der Waals surface area contributed by atoms with Crippen LogP contribution in [0.2, 0.25) is 0 Å². The fourth-order valence-corrected chi connectivity index (χ4v) is 3.61. The van der Waals surface area contributed by atoms with E-state index in [9.17, 15) is 9.18 Å². The summed E-state index contributed by atoms with van der Waals surface area (Å²) in [5.41, 5.74) is 4.52. The Bertz CT molecular complexity index is 1010. The Kier molecular flexibility index (Phi) is 4.26. The SMILES string of the molecule is Cc1cccc2c1CN(c1cccc([C@@H](C)[C@H](F)c3nncn3C)c1)C2=O. The van der Waals surface area contributed by atoms with Gasteiger partial charge >= 0.3 is 0 Å². The number of fused-ring (bicyclic) bond motifs is 1. The van der Waals surface area contributed by atoms with E-state index in [0.29, 0.717) is 12.4 Å². The number of hydrogen-bond donors (Lipinski definition) is 0. The van der Waals surface area contributed by atoms with Crippen LogP contribution in [0.4, 0.5) is 10.1 Å². The van der Waals surface area contributed by atoms with Crippen LogP contribution in [-0.4, -0.2) is 20.7 Å². The van der Waals surface area contributed by atoms with Gasteiger partial charge in [0.05, 0.1) is 6.54 Å². The molecule has 4 rings (SSSR count). The van der Waals surface area contributed by atoms with E-state index in [4.69, 9.17) is 0 Å².